The number of alkyl halides is 3. The van der Waals surface area contributed by atoms with Crippen molar-refractivity contribution < 1.29 is 13.2 Å². The summed E-state index contributed by atoms with van der Waals surface area (Å²) in [6.45, 7) is 0.825. The van der Waals surface area contributed by atoms with Crippen LogP contribution in [-0.2, 0) is 6.18 Å². The minimum atomic E-state index is -4.32. The minimum Gasteiger partial charge on any atom is -0.309 e. The highest BCUT2D eigenvalue weighted by Gasteiger charge is 2.33. The summed E-state index contributed by atoms with van der Waals surface area (Å²) in [7, 11) is 3.84. The Labute approximate surface area is 94.5 Å². The molecule has 0 N–H and O–H groups in total. The van der Waals surface area contributed by atoms with Gasteiger partial charge in [-0.15, -0.1) is 11.3 Å². The van der Waals surface area contributed by atoms with Crippen LogP contribution < -0.4 is 0 Å². The molecule has 15 heavy (non-hydrogen) atoms. The number of thiazole rings is 1. The van der Waals surface area contributed by atoms with Gasteiger partial charge in [0.1, 0.15) is 0 Å². The first-order valence-electron chi connectivity index (χ1n) is 4.20. The van der Waals surface area contributed by atoms with Crippen LogP contribution in [0.2, 0.25) is 0 Å². The predicted molar refractivity (Wildman–Crippen MR) is 56.4 cm³/mol. The molecule has 0 aliphatic carbocycles. The molecule has 0 saturated heterocycles. The Morgan fingerprint density at radius 1 is 1.47 bits per heavy atom. The van der Waals surface area contributed by atoms with Crippen molar-refractivity contribution in [1.82, 2.24) is 9.88 Å². The van der Waals surface area contributed by atoms with Gasteiger partial charge in [0, 0.05) is 17.7 Å². The van der Waals surface area contributed by atoms with Crippen molar-refractivity contribution in [3.05, 3.63) is 11.1 Å². The molecule has 86 valence electrons. The van der Waals surface area contributed by atoms with Crippen LogP contribution in [-0.4, -0.2) is 36.3 Å². The maximum Gasteiger partial charge on any atom is 0.434 e. The van der Waals surface area contributed by atoms with E-state index in [1.54, 1.807) is 0 Å². The Morgan fingerprint density at radius 2 is 2.13 bits per heavy atom. The lowest BCUT2D eigenvalue weighted by Crippen LogP contribution is -2.14. The third kappa shape index (κ3) is 4.40. The lowest BCUT2D eigenvalue weighted by molar-refractivity contribution is -0.141. The van der Waals surface area contributed by atoms with E-state index in [0.717, 1.165) is 29.0 Å². The van der Waals surface area contributed by atoms with Crippen molar-refractivity contribution in [1.29, 1.82) is 0 Å². The first-order valence-corrected chi connectivity index (χ1v) is 6.06. The standard InChI is InChI=1S/C8H11F3N2S2/c1-13(2)3-4-14-7-12-6(5-15-7)8(9,10)11/h5H,3-4H2,1-2H3. The molecule has 2 nitrogen and oxygen atoms in total. The number of halogens is 3. The normalized spacial score (nSPS) is 12.4. The second-order valence-corrected chi connectivity index (χ2v) is 5.35. The average molecular weight is 256 g/mol. The minimum absolute atomic E-state index is 0.476. The zero-order valence-corrected chi connectivity index (χ0v) is 9.97. The Bertz CT molecular complexity index is 309. The molecule has 1 rings (SSSR count). The van der Waals surface area contributed by atoms with E-state index in [1.165, 1.54) is 11.8 Å². The van der Waals surface area contributed by atoms with Crippen LogP contribution in [0.1, 0.15) is 5.69 Å². The summed E-state index contributed by atoms with van der Waals surface area (Å²) in [5.74, 6) is 0.748. The van der Waals surface area contributed by atoms with E-state index >= 15 is 0 Å². The summed E-state index contributed by atoms with van der Waals surface area (Å²) in [6, 6.07) is 0. The lowest BCUT2D eigenvalue weighted by Gasteiger charge is -2.06. The SMILES string of the molecule is CN(C)CCSc1nc(C(F)(F)F)cs1. The number of nitrogens with zero attached hydrogens (tertiary/aromatic N) is 2. The molecular weight excluding hydrogens is 245 g/mol. The van der Waals surface area contributed by atoms with Crippen LogP contribution in [0.3, 0.4) is 0 Å². The first-order chi connectivity index (χ1) is 6.89. The molecule has 0 radical (unpaired) electrons. The van der Waals surface area contributed by atoms with Crippen LogP contribution in [0.25, 0.3) is 0 Å². The third-order valence-corrected chi connectivity index (χ3v) is 3.54. The molecule has 0 aliphatic rings. The number of hydrogen-bond donors (Lipinski definition) is 0. The van der Waals surface area contributed by atoms with Gasteiger partial charge in [-0.25, -0.2) is 4.98 Å². The molecule has 0 bridgehead atoms. The number of hydrogen-bond acceptors (Lipinski definition) is 4. The highest BCUT2D eigenvalue weighted by Crippen LogP contribution is 2.32. The Kier molecular flexibility index (Phi) is 4.42. The third-order valence-electron chi connectivity index (χ3n) is 1.54. The fraction of sp³-hybridized carbons (Fsp3) is 0.625. The van der Waals surface area contributed by atoms with Gasteiger partial charge in [0.25, 0.3) is 0 Å². The fourth-order valence-electron chi connectivity index (χ4n) is 0.769. The van der Waals surface area contributed by atoms with E-state index in [-0.39, 0.29) is 0 Å². The van der Waals surface area contributed by atoms with Gasteiger partial charge in [-0.3, -0.25) is 0 Å². The molecular formula is C8H11F3N2S2. The van der Waals surface area contributed by atoms with Gasteiger partial charge >= 0.3 is 6.18 Å². The zero-order valence-electron chi connectivity index (χ0n) is 8.34. The van der Waals surface area contributed by atoms with Gasteiger partial charge in [-0.1, -0.05) is 11.8 Å². The average Bonchev–Trinajstić information content (AvgIpc) is 2.51. The van der Waals surface area contributed by atoms with Gasteiger partial charge < -0.3 is 4.90 Å². The monoisotopic (exact) mass is 256 g/mol. The molecule has 1 aromatic heterocycles. The number of rotatable bonds is 4. The summed E-state index contributed by atoms with van der Waals surface area (Å²) in [5.41, 5.74) is -0.792. The van der Waals surface area contributed by atoms with Gasteiger partial charge in [0.2, 0.25) is 0 Å². The molecule has 0 unspecified atom stereocenters. The smallest absolute Gasteiger partial charge is 0.309 e. The zero-order chi connectivity index (χ0) is 11.5. The Balaban J connectivity index is 2.47. The van der Waals surface area contributed by atoms with Crippen molar-refractivity contribution in [3.63, 3.8) is 0 Å². The maximum absolute atomic E-state index is 12.2. The van der Waals surface area contributed by atoms with Crippen LogP contribution in [0.15, 0.2) is 9.72 Å². The molecule has 0 aliphatic heterocycles. The second-order valence-electron chi connectivity index (χ2n) is 3.15. The van der Waals surface area contributed by atoms with E-state index in [0.29, 0.717) is 4.34 Å². The van der Waals surface area contributed by atoms with Crippen LogP contribution in [0.4, 0.5) is 13.2 Å². The van der Waals surface area contributed by atoms with Crippen molar-refractivity contribution in [2.24, 2.45) is 0 Å². The largest absolute Gasteiger partial charge is 0.434 e. The first kappa shape index (κ1) is 12.8. The highest BCUT2D eigenvalue weighted by atomic mass is 32.2. The van der Waals surface area contributed by atoms with Crippen LogP contribution >= 0.6 is 23.1 Å². The Morgan fingerprint density at radius 3 is 2.60 bits per heavy atom. The van der Waals surface area contributed by atoms with Gasteiger partial charge in [-0.2, -0.15) is 13.2 Å². The molecule has 0 fully saturated rings. The van der Waals surface area contributed by atoms with Gasteiger partial charge in [-0.05, 0) is 14.1 Å². The Hall–Kier alpha value is -0.270. The quantitative estimate of drug-likeness (QED) is 0.771. The lowest BCUT2D eigenvalue weighted by atomic mass is 10.5. The van der Waals surface area contributed by atoms with Crippen molar-refractivity contribution in [2.75, 3.05) is 26.4 Å². The van der Waals surface area contributed by atoms with Crippen molar-refractivity contribution in [3.8, 4) is 0 Å². The number of aromatic nitrogens is 1. The molecule has 1 heterocycles. The molecule has 0 aromatic carbocycles. The second kappa shape index (κ2) is 5.18. The van der Waals surface area contributed by atoms with E-state index in [9.17, 15) is 13.2 Å². The van der Waals surface area contributed by atoms with Crippen molar-refractivity contribution in [2.45, 2.75) is 10.5 Å². The summed E-state index contributed by atoms with van der Waals surface area (Å²) in [6.07, 6.45) is -4.32. The maximum atomic E-state index is 12.2. The van der Waals surface area contributed by atoms with Crippen molar-refractivity contribution >= 4 is 23.1 Å². The van der Waals surface area contributed by atoms with Gasteiger partial charge in [0.05, 0.1) is 0 Å². The topological polar surface area (TPSA) is 16.1 Å². The summed E-state index contributed by atoms with van der Waals surface area (Å²) in [4.78, 5) is 5.49. The molecule has 0 saturated carbocycles. The summed E-state index contributed by atoms with van der Waals surface area (Å²) < 4.78 is 37.0. The van der Waals surface area contributed by atoms with E-state index in [4.69, 9.17) is 0 Å². The summed E-state index contributed by atoms with van der Waals surface area (Å²) >= 11 is 2.39. The highest BCUT2D eigenvalue weighted by molar-refractivity contribution is 8.01. The predicted octanol–water partition coefficient (Wildman–Crippen LogP) is 2.82. The molecule has 7 heteroatoms. The summed E-state index contributed by atoms with van der Waals surface area (Å²) in [5, 5.41) is 1.05. The molecule has 0 amide bonds. The molecule has 0 atom stereocenters. The van der Waals surface area contributed by atoms with E-state index in [1.807, 2.05) is 19.0 Å². The molecule has 0 spiro atoms. The number of thioether (sulfide) groups is 1. The van der Waals surface area contributed by atoms with E-state index in [2.05, 4.69) is 4.98 Å². The van der Waals surface area contributed by atoms with Crippen LogP contribution in [0, 0.1) is 0 Å². The molecule has 1 aromatic rings. The van der Waals surface area contributed by atoms with E-state index < -0.39 is 11.9 Å². The van der Waals surface area contributed by atoms with Gasteiger partial charge in [0.15, 0.2) is 10.0 Å². The van der Waals surface area contributed by atoms with Crippen LogP contribution in [0.5, 0.6) is 0 Å². The fourth-order valence-corrected chi connectivity index (χ4v) is 2.78.